The number of anilines is 1. The van der Waals surface area contributed by atoms with Crippen molar-refractivity contribution < 1.29 is 9.59 Å². The molecular weight excluding hydrogens is 314 g/mol. The van der Waals surface area contributed by atoms with Crippen molar-refractivity contribution in [3.63, 3.8) is 0 Å². The van der Waals surface area contributed by atoms with Gasteiger partial charge in [-0.05, 0) is 43.4 Å². The first kappa shape index (κ1) is 16.6. The summed E-state index contributed by atoms with van der Waals surface area (Å²) >= 11 is 0. The van der Waals surface area contributed by atoms with Gasteiger partial charge < -0.3 is 10.2 Å². The van der Waals surface area contributed by atoms with Crippen LogP contribution >= 0.6 is 0 Å². The zero-order chi connectivity index (χ0) is 17.4. The van der Waals surface area contributed by atoms with Crippen LogP contribution in [0.2, 0.25) is 0 Å². The summed E-state index contributed by atoms with van der Waals surface area (Å²) in [7, 11) is 0. The molecule has 1 saturated carbocycles. The Bertz CT molecular complexity index is 653. The maximum Gasteiger partial charge on any atom is 0.227 e. The van der Waals surface area contributed by atoms with Crippen LogP contribution in [0, 0.1) is 5.92 Å². The van der Waals surface area contributed by atoms with Crippen LogP contribution in [0.5, 0.6) is 0 Å². The molecular formula is C20H27N3O2. The van der Waals surface area contributed by atoms with E-state index < -0.39 is 0 Å². The summed E-state index contributed by atoms with van der Waals surface area (Å²) in [5.74, 6) is -0.132. The molecule has 3 fully saturated rings. The Morgan fingerprint density at radius 3 is 2.60 bits per heavy atom. The van der Waals surface area contributed by atoms with Gasteiger partial charge in [0.2, 0.25) is 11.8 Å². The molecule has 0 spiro atoms. The number of rotatable bonds is 5. The predicted molar refractivity (Wildman–Crippen MR) is 97.4 cm³/mol. The number of aryl methyl sites for hydroxylation is 1. The summed E-state index contributed by atoms with van der Waals surface area (Å²) in [4.78, 5) is 29.2. The number of hydrogen-bond acceptors (Lipinski definition) is 3. The summed E-state index contributed by atoms with van der Waals surface area (Å²) in [6, 6.07) is 9.10. The van der Waals surface area contributed by atoms with Crippen LogP contribution in [0.4, 0.5) is 5.69 Å². The molecule has 0 bridgehead atoms. The number of likely N-dealkylation sites (tertiary alicyclic amines) is 1. The molecule has 4 rings (SSSR count). The number of carbonyl (C=O) groups excluding carboxylic acids is 2. The highest BCUT2D eigenvalue weighted by Crippen LogP contribution is 2.30. The zero-order valence-electron chi connectivity index (χ0n) is 14.9. The van der Waals surface area contributed by atoms with Crippen LogP contribution in [0.25, 0.3) is 0 Å². The molecule has 3 aliphatic rings. The largest absolute Gasteiger partial charge is 0.352 e. The fraction of sp³-hybridized carbons (Fsp3) is 0.600. The monoisotopic (exact) mass is 341 g/mol. The zero-order valence-corrected chi connectivity index (χ0v) is 14.9. The summed E-state index contributed by atoms with van der Waals surface area (Å²) in [5, 5.41) is 3.18. The third-order valence-corrected chi connectivity index (χ3v) is 5.78. The van der Waals surface area contributed by atoms with Gasteiger partial charge in [-0.3, -0.25) is 14.5 Å². The van der Waals surface area contributed by atoms with E-state index in [1.54, 1.807) is 4.90 Å². The summed E-state index contributed by atoms with van der Waals surface area (Å²) in [6.45, 7) is 4.67. The topological polar surface area (TPSA) is 52.7 Å². The van der Waals surface area contributed by atoms with Crippen molar-refractivity contribution in [3.05, 3.63) is 29.8 Å². The Kier molecular flexibility index (Phi) is 4.50. The van der Waals surface area contributed by atoms with Gasteiger partial charge in [-0.2, -0.15) is 0 Å². The Morgan fingerprint density at radius 2 is 1.92 bits per heavy atom. The average Bonchev–Trinajstić information content (AvgIpc) is 3.25. The van der Waals surface area contributed by atoms with Crippen molar-refractivity contribution >= 4 is 17.5 Å². The average molecular weight is 341 g/mol. The highest BCUT2D eigenvalue weighted by Gasteiger charge is 2.38. The molecule has 1 N–H and O–H groups in total. The van der Waals surface area contributed by atoms with Crippen molar-refractivity contribution in [3.8, 4) is 0 Å². The van der Waals surface area contributed by atoms with Gasteiger partial charge in [0.1, 0.15) is 0 Å². The fourth-order valence-corrected chi connectivity index (χ4v) is 4.04. The molecule has 5 heteroatoms. The SMILES string of the molecule is CCc1ccc(N2CC(C(=O)NC3CCN(C4CC4)C3)CC2=O)cc1. The van der Waals surface area contributed by atoms with Crippen LogP contribution in [-0.4, -0.2) is 48.4 Å². The van der Waals surface area contributed by atoms with Crippen molar-refractivity contribution in [1.29, 1.82) is 0 Å². The fourth-order valence-electron chi connectivity index (χ4n) is 4.04. The first-order valence-electron chi connectivity index (χ1n) is 9.57. The molecule has 25 heavy (non-hydrogen) atoms. The maximum absolute atomic E-state index is 12.6. The van der Waals surface area contributed by atoms with Crippen LogP contribution < -0.4 is 10.2 Å². The van der Waals surface area contributed by atoms with E-state index in [4.69, 9.17) is 0 Å². The van der Waals surface area contributed by atoms with Gasteiger partial charge >= 0.3 is 0 Å². The summed E-state index contributed by atoms with van der Waals surface area (Å²) in [6.07, 6.45) is 4.96. The van der Waals surface area contributed by atoms with Crippen molar-refractivity contribution in [2.75, 3.05) is 24.5 Å². The molecule has 5 nitrogen and oxygen atoms in total. The minimum absolute atomic E-state index is 0.0451. The molecule has 2 amide bonds. The molecule has 2 atom stereocenters. The van der Waals surface area contributed by atoms with Crippen molar-refractivity contribution in [2.24, 2.45) is 5.92 Å². The van der Waals surface area contributed by atoms with Gasteiger partial charge in [0, 0.05) is 43.8 Å². The number of amides is 2. The lowest BCUT2D eigenvalue weighted by molar-refractivity contribution is -0.126. The van der Waals surface area contributed by atoms with Crippen LogP contribution in [0.15, 0.2) is 24.3 Å². The summed E-state index contributed by atoms with van der Waals surface area (Å²) in [5.41, 5.74) is 2.16. The van der Waals surface area contributed by atoms with Gasteiger partial charge in [0.25, 0.3) is 0 Å². The van der Waals surface area contributed by atoms with E-state index in [9.17, 15) is 9.59 Å². The molecule has 2 heterocycles. The number of nitrogens with zero attached hydrogens (tertiary/aromatic N) is 2. The Morgan fingerprint density at radius 1 is 1.16 bits per heavy atom. The molecule has 1 aromatic rings. The number of carbonyl (C=O) groups is 2. The molecule has 1 aliphatic carbocycles. The number of nitrogens with one attached hydrogen (secondary N) is 1. The van der Waals surface area contributed by atoms with E-state index in [0.717, 1.165) is 37.7 Å². The first-order valence-corrected chi connectivity index (χ1v) is 9.57. The smallest absolute Gasteiger partial charge is 0.227 e. The number of benzene rings is 1. The first-order chi connectivity index (χ1) is 12.1. The number of hydrogen-bond donors (Lipinski definition) is 1. The van der Waals surface area contributed by atoms with Gasteiger partial charge in [0.15, 0.2) is 0 Å². The molecule has 2 saturated heterocycles. The van der Waals surface area contributed by atoms with Crippen LogP contribution in [-0.2, 0) is 16.0 Å². The van der Waals surface area contributed by atoms with E-state index >= 15 is 0 Å². The highest BCUT2D eigenvalue weighted by molar-refractivity contribution is 6.00. The second kappa shape index (κ2) is 6.79. The third kappa shape index (κ3) is 3.56. The minimum atomic E-state index is -0.228. The quantitative estimate of drug-likeness (QED) is 0.891. The molecule has 0 radical (unpaired) electrons. The standard InChI is InChI=1S/C20H27N3O2/c1-2-14-3-5-18(6-4-14)23-12-15(11-19(23)24)20(25)21-16-9-10-22(13-16)17-7-8-17/h3-6,15-17H,2,7-13H2,1H3,(H,21,25). The van der Waals surface area contributed by atoms with Gasteiger partial charge in [0.05, 0.1) is 5.92 Å². The Labute approximate surface area is 149 Å². The van der Waals surface area contributed by atoms with Crippen LogP contribution in [0.1, 0.15) is 38.2 Å². The van der Waals surface area contributed by atoms with Crippen LogP contribution in [0.3, 0.4) is 0 Å². The molecule has 1 aromatic carbocycles. The summed E-state index contributed by atoms with van der Waals surface area (Å²) < 4.78 is 0. The highest BCUT2D eigenvalue weighted by atomic mass is 16.2. The Hall–Kier alpha value is -1.88. The van der Waals surface area contributed by atoms with E-state index in [1.165, 1.54) is 18.4 Å². The lowest BCUT2D eigenvalue weighted by atomic mass is 10.1. The van der Waals surface area contributed by atoms with Crippen molar-refractivity contribution in [1.82, 2.24) is 10.2 Å². The van der Waals surface area contributed by atoms with Gasteiger partial charge in [-0.15, -0.1) is 0 Å². The maximum atomic E-state index is 12.6. The Balaban J connectivity index is 1.33. The van der Waals surface area contributed by atoms with E-state index in [1.807, 2.05) is 12.1 Å². The van der Waals surface area contributed by atoms with Gasteiger partial charge in [-0.25, -0.2) is 0 Å². The molecule has 134 valence electrons. The van der Waals surface area contributed by atoms with E-state index in [0.29, 0.717) is 13.0 Å². The second-order valence-electron chi connectivity index (χ2n) is 7.65. The minimum Gasteiger partial charge on any atom is -0.352 e. The van der Waals surface area contributed by atoms with E-state index in [2.05, 4.69) is 29.3 Å². The second-order valence-corrected chi connectivity index (χ2v) is 7.65. The normalized spacial score (nSPS) is 27.1. The van der Waals surface area contributed by atoms with Crippen molar-refractivity contribution in [2.45, 2.75) is 51.1 Å². The molecule has 2 aliphatic heterocycles. The lowest BCUT2D eigenvalue weighted by Crippen LogP contribution is -2.41. The lowest BCUT2D eigenvalue weighted by Gasteiger charge is -2.19. The molecule has 2 unspecified atom stereocenters. The van der Waals surface area contributed by atoms with Gasteiger partial charge in [-0.1, -0.05) is 19.1 Å². The predicted octanol–water partition coefficient (Wildman–Crippen LogP) is 1.95. The van der Waals surface area contributed by atoms with E-state index in [-0.39, 0.29) is 23.8 Å². The molecule has 0 aromatic heterocycles. The third-order valence-electron chi connectivity index (χ3n) is 5.78.